The third-order valence-electron chi connectivity index (χ3n) is 18.0. The number of rotatable bonds is 65. The van der Waals surface area contributed by atoms with Crippen LogP contribution < -0.4 is 5.32 Å². The van der Waals surface area contributed by atoms with Gasteiger partial charge in [0.25, 0.3) is 0 Å². The van der Waals surface area contributed by atoms with Crippen LogP contribution in [0.1, 0.15) is 393 Å². The van der Waals surface area contributed by atoms with Gasteiger partial charge in [-0.1, -0.05) is 373 Å². The summed E-state index contributed by atoms with van der Waals surface area (Å²) in [6.45, 7) is 3.91. The Kier molecular flexibility index (Phi) is 59.1. The summed E-state index contributed by atoms with van der Waals surface area (Å²) in [5.41, 5.74) is 0. The van der Waals surface area contributed by atoms with Gasteiger partial charge >= 0.3 is 0 Å². The molecule has 0 bridgehead atoms. The second-order valence-electron chi connectivity index (χ2n) is 25.8. The van der Waals surface area contributed by atoms with Crippen molar-refractivity contribution in [2.75, 3.05) is 13.2 Å². The Morgan fingerprint density at radius 1 is 0.375 bits per heavy atom. The number of aliphatic hydroxyl groups is 5. The lowest BCUT2D eigenvalue weighted by atomic mass is 9.99. The molecule has 478 valence electrons. The molecule has 1 rings (SSSR count). The first-order chi connectivity index (χ1) is 39.3. The molecule has 0 saturated carbocycles. The Hall–Kier alpha value is -0.810. The van der Waals surface area contributed by atoms with Crippen LogP contribution in [0.5, 0.6) is 0 Å². The van der Waals surface area contributed by atoms with Crippen molar-refractivity contribution in [1.29, 1.82) is 0 Å². The second-order valence-corrected chi connectivity index (χ2v) is 25.8. The Morgan fingerprint density at radius 2 is 0.625 bits per heavy atom. The third kappa shape index (κ3) is 49.5. The fourth-order valence-electron chi connectivity index (χ4n) is 12.3. The fraction of sp³-hybridized carbons (Fsp3) is 0.986. The minimum Gasteiger partial charge on any atom is -0.394 e. The highest BCUT2D eigenvalue weighted by Crippen LogP contribution is 2.24. The van der Waals surface area contributed by atoms with Crippen LogP contribution in [0.3, 0.4) is 0 Å². The molecule has 9 heteroatoms. The van der Waals surface area contributed by atoms with Crippen molar-refractivity contribution in [2.24, 2.45) is 0 Å². The van der Waals surface area contributed by atoms with Gasteiger partial charge in [0, 0.05) is 6.42 Å². The maximum atomic E-state index is 13.1. The molecule has 0 spiro atoms. The van der Waals surface area contributed by atoms with E-state index in [1.807, 2.05) is 0 Å². The maximum Gasteiger partial charge on any atom is 0.220 e. The normalized spacial score (nSPS) is 18.3. The molecule has 1 heterocycles. The lowest BCUT2D eigenvalue weighted by Crippen LogP contribution is -2.60. The zero-order valence-electron chi connectivity index (χ0n) is 53.6. The number of hydrogen-bond acceptors (Lipinski definition) is 8. The topological polar surface area (TPSA) is 149 Å². The molecule has 6 N–H and O–H groups in total. The zero-order valence-corrected chi connectivity index (χ0v) is 53.6. The first-order valence-corrected chi connectivity index (χ1v) is 36.2. The highest BCUT2D eigenvalue weighted by molar-refractivity contribution is 5.76. The van der Waals surface area contributed by atoms with E-state index >= 15 is 0 Å². The number of hydrogen-bond donors (Lipinski definition) is 6. The molecule has 7 unspecified atom stereocenters. The Balaban J connectivity index is 2.04. The van der Waals surface area contributed by atoms with Gasteiger partial charge in [-0.3, -0.25) is 4.79 Å². The summed E-state index contributed by atoms with van der Waals surface area (Å²) in [5, 5.41) is 54.9. The van der Waals surface area contributed by atoms with Gasteiger partial charge < -0.3 is 40.3 Å². The average Bonchev–Trinajstić information content (AvgIpc) is 3.46. The number of amides is 1. The van der Waals surface area contributed by atoms with Crippen LogP contribution in [0.25, 0.3) is 0 Å². The quantitative estimate of drug-likeness (QED) is 0.0330. The highest BCUT2D eigenvalue weighted by atomic mass is 16.7. The Labute approximate surface area is 497 Å². The van der Waals surface area contributed by atoms with Crippen LogP contribution in [0.4, 0.5) is 0 Å². The Bertz CT molecular complexity index is 1220. The van der Waals surface area contributed by atoms with Crippen LogP contribution in [-0.4, -0.2) is 87.5 Å². The number of carbonyl (C=O) groups excluding carboxylic acids is 1. The number of carbonyl (C=O) groups is 1. The minimum atomic E-state index is -1.55. The van der Waals surface area contributed by atoms with E-state index in [-0.39, 0.29) is 12.5 Å². The summed E-state index contributed by atoms with van der Waals surface area (Å²) in [5.74, 6) is -0.133. The largest absolute Gasteiger partial charge is 0.394 e. The lowest BCUT2D eigenvalue weighted by Gasteiger charge is -2.40. The Morgan fingerprint density at radius 3 is 0.887 bits per heavy atom. The van der Waals surface area contributed by atoms with E-state index in [0.29, 0.717) is 12.8 Å². The summed E-state index contributed by atoms with van der Waals surface area (Å²) in [4.78, 5) is 13.1. The molecule has 80 heavy (non-hydrogen) atoms. The molecule has 1 amide bonds. The number of ether oxygens (including phenoxy) is 2. The van der Waals surface area contributed by atoms with Gasteiger partial charge in [-0.05, 0) is 12.8 Å². The van der Waals surface area contributed by atoms with Crippen LogP contribution >= 0.6 is 0 Å². The first-order valence-electron chi connectivity index (χ1n) is 36.2. The number of aliphatic hydroxyl groups excluding tert-OH is 5. The molecule has 1 fully saturated rings. The van der Waals surface area contributed by atoms with Crippen LogP contribution in [0, 0.1) is 0 Å². The molecule has 1 saturated heterocycles. The van der Waals surface area contributed by atoms with Crippen molar-refractivity contribution in [3.05, 3.63) is 0 Å². The van der Waals surface area contributed by atoms with Crippen molar-refractivity contribution >= 4 is 5.91 Å². The van der Waals surface area contributed by atoms with Crippen molar-refractivity contribution in [1.82, 2.24) is 5.32 Å². The SMILES string of the molecule is CCCCCCCCCCCCCCCCCCCCCCCCCCCCCCCCCCCCCCC(=O)NC(COC1OC(CO)C(O)C(O)C1O)C(O)CCCCCCCCCCCCCCCCCCCCCCC. The lowest BCUT2D eigenvalue weighted by molar-refractivity contribution is -0.302. The van der Waals surface area contributed by atoms with Crippen molar-refractivity contribution < 1.29 is 39.8 Å². The third-order valence-corrected chi connectivity index (χ3v) is 18.0. The summed E-state index contributed by atoms with van der Waals surface area (Å²) in [6, 6.07) is -0.715. The summed E-state index contributed by atoms with van der Waals surface area (Å²) < 4.78 is 11.4. The van der Waals surface area contributed by atoms with E-state index in [0.717, 1.165) is 38.5 Å². The summed E-state index contributed by atoms with van der Waals surface area (Å²) in [7, 11) is 0. The minimum absolute atomic E-state index is 0.130. The van der Waals surface area contributed by atoms with Crippen molar-refractivity contribution in [2.45, 2.75) is 436 Å². The molecule has 9 nitrogen and oxygen atoms in total. The molecule has 0 aromatic carbocycles. The van der Waals surface area contributed by atoms with Gasteiger partial charge in [0.05, 0.1) is 25.4 Å². The first kappa shape index (κ1) is 77.2. The van der Waals surface area contributed by atoms with Gasteiger partial charge in [-0.25, -0.2) is 0 Å². The molecule has 0 aromatic heterocycles. The fourth-order valence-corrected chi connectivity index (χ4v) is 12.3. The monoisotopic (exact) mass is 1140 g/mol. The van der Waals surface area contributed by atoms with Crippen LogP contribution in [0.2, 0.25) is 0 Å². The second kappa shape index (κ2) is 61.3. The van der Waals surface area contributed by atoms with Crippen molar-refractivity contribution in [3.8, 4) is 0 Å². The predicted octanol–water partition coefficient (Wildman–Crippen LogP) is 19.7. The number of nitrogens with one attached hydrogen (secondary N) is 1. The highest BCUT2D eigenvalue weighted by Gasteiger charge is 2.44. The number of unbranched alkanes of at least 4 members (excludes halogenated alkanes) is 55. The molecule has 7 atom stereocenters. The maximum absolute atomic E-state index is 13.1. The van der Waals surface area contributed by atoms with Gasteiger partial charge in [0.15, 0.2) is 6.29 Å². The van der Waals surface area contributed by atoms with Crippen molar-refractivity contribution in [3.63, 3.8) is 0 Å². The van der Waals surface area contributed by atoms with E-state index in [1.54, 1.807) is 0 Å². The molecule has 0 radical (unpaired) electrons. The van der Waals surface area contributed by atoms with Crippen LogP contribution in [-0.2, 0) is 14.3 Å². The smallest absolute Gasteiger partial charge is 0.220 e. The van der Waals surface area contributed by atoms with Gasteiger partial charge in [0.1, 0.15) is 24.4 Å². The zero-order chi connectivity index (χ0) is 57.9. The molecule has 0 aliphatic carbocycles. The predicted molar refractivity (Wildman–Crippen MR) is 341 cm³/mol. The van der Waals surface area contributed by atoms with E-state index in [2.05, 4.69) is 19.2 Å². The molecule has 1 aliphatic heterocycles. The molecular formula is C71H141NO8. The van der Waals surface area contributed by atoms with E-state index in [9.17, 15) is 30.3 Å². The van der Waals surface area contributed by atoms with Gasteiger partial charge in [-0.2, -0.15) is 0 Å². The van der Waals surface area contributed by atoms with Gasteiger partial charge in [-0.15, -0.1) is 0 Å². The van der Waals surface area contributed by atoms with E-state index in [4.69, 9.17) is 9.47 Å². The van der Waals surface area contributed by atoms with Crippen LogP contribution in [0.15, 0.2) is 0 Å². The van der Waals surface area contributed by atoms with E-state index < -0.39 is 49.5 Å². The van der Waals surface area contributed by atoms with E-state index in [1.165, 1.54) is 327 Å². The summed E-state index contributed by atoms with van der Waals surface area (Å²) >= 11 is 0. The van der Waals surface area contributed by atoms with Gasteiger partial charge in [0.2, 0.25) is 5.91 Å². The molecule has 0 aromatic rings. The molecular weight excluding hydrogens is 995 g/mol. The summed E-state index contributed by atoms with van der Waals surface area (Å²) in [6.07, 6.45) is 70.5. The average molecular weight is 1140 g/mol. The molecule has 1 aliphatic rings. The standard InChI is InChI=1S/C71H141NO8/c1-3-5-7-9-11-13-15-17-19-21-23-25-26-27-28-29-30-31-32-33-34-35-36-37-38-39-41-43-45-47-49-51-53-55-57-59-61-67(75)72-64(63-79-71-70(78)69(77)68(76)66(62-73)80-71)65(74)60-58-56-54-52-50-48-46-44-42-40-24-22-20-18-16-14-12-10-8-6-4-2/h64-66,68-71,73-74,76-78H,3-63H2,1-2H3,(H,72,75).